The number of nitrogen functional groups attached to an aromatic ring is 1. The quantitative estimate of drug-likeness (QED) is 0.664. The molecule has 0 unspecified atom stereocenters. The van der Waals surface area contributed by atoms with E-state index in [1.807, 2.05) is 32.0 Å². The van der Waals surface area contributed by atoms with Crippen LogP contribution in [0.5, 0.6) is 5.75 Å². The molecule has 2 rings (SSSR count). The summed E-state index contributed by atoms with van der Waals surface area (Å²) in [6.45, 7) is 10.3. The maximum atomic E-state index is 12.7. The van der Waals surface area contributed by atoms with Crippen LogP contribution in [0.4, 0.5) is 5.69 Å². The van der Waals surface area contributed by atoms with Gasteiger partial charge >= 0.3 is 0 Å². The van der Waals surface area contributed by atoms with E-state index in [4.69, 9.17) is 10.5 Å². The van der Waals surface area contributed by atoms with Gasteiger partial charge in [0.15, 0.2) is 5.78 Å². The van der Waals surface area contributed by atoms with Crippen molar-refractivity contribution in [2.24, 2.45) is 0 Å². The first-order valence-corrected chi connectivity index (χ1v) is 7.90. The van der Waals surface area contributed by atoms with E-state index in [0.29, 0.717) is 16.8 Å². The molecule has 0 aliphatic carbocycles. The number of benzene rings is 2. The SMILES string of the molecule is CC(C)Oc1ccc(C(=O)c2cccc(N)c2)cc1C(C)(C)C. The number of carbonyl (C=O) groups excluding carboxylic acids is 1. The van der Waals surface area contributed by atoms with Gasteiger partial charge in [-0.25, -0.2) is 0 Å². The zero-order chi connectivity index (χ0) is 17.2. The molecule has 0 bridgehead atoms. The Kier molecular flexibility index (Phi) is 4.79. The Morgan fingerprint density at radius 3 is 2.26 bits per heavy atom. The van der Waals surface area contributed by atoms with Crippen LogP contribution in [0.1, 0.15) is 56.1 Å². The van der Waals surface area contributed by atoms with Crippen molar-refractivity contribution >= 4 is 11.5 Å². The average Bonchev–Trinajstić information content (AvgIpc) is 2.45. The van der Waals surface area contributed by atoms with Gasteiger partial charge in [0.1, 0.15) is 5.75 Å². The van der Waals surface area contributed by atoms with Crippen molar-refractivity contribution < 1.29 is 9.53 Å². The zero-order valence-electron chi connectivity index (χ0n) is 14.5. The number of hydrogen-bond acceptors (Lipinski definition) is 3. The van der Waals surface area contributed by atoms with E-state index in [1.165, 1.54) is 0 Å². The van der Waals surface area contributed by atoms with E-state index >= 15 is 0 Å². The third-order valence-electron chi connectivity index (χ3n) is 3.56. The van der Waals surface area contributed by atoms with Crippen LogP contribution in [0.15, 0.2) is 42.5 Å². The van der Waals surface area contributed by atoms with E-state index in [9.17, 15) is 4.79 Å². The molecule has 0 radical (unpaired) electrons. The molecule has 23 heavy (non-hydrogen) atoms. The molecule has 0 aliphatic heterocycles. The fraction of sp³-hybridized carbons (Fsp3) is 0.350. The highest BCUT2D eigenvalue weighted by atomic mass is 16.5. The lowest BCUT2D eigenvalue weighted by Crippen LogP contribution is -2.17. The summed E-state index contributed by atoms with van der Waals surface area (Å²) in [4.78, 5) is 12.7. The van der Waals surface area contributed by atoms with Crippen LogP contribution >= 0.6 is 0 Å². The van der Waals surface area contributed by atoms with Gasteiger partial charge in [-0.2, -0.15) is 0 Å². The summed E-state index contributed by atoms with van der Waals surface area (Å²) in [5, 5.41) is 0. The molecule has 0 amide bonds. The van der Waals surface area contributed by atoms with Crippen molar-refractivity contribution in [3.05, 3.63) is 59.2 Å². The van der Waals surface area contributed by atoms with E-state index in [1.54, 1.807) is 24.3 Å². The Morgan fingerprint density at radius 1 is 1.04 bits per heavy atom. The van der Waals surface area contributed by atoms with Gasteiger partial charge in [0.05, 0.1) is 6.10 Å². The number of carbonyl (C=O) groups is 1. The molecule has 0 heterocycles. The van der Waals surface area contributed by atoms with Crippen molar-refractivity contribution in [2.75, 3.05) is 5.73 Å². The van der Waals surface area contributed by atoms with Crippen LogP contribution in [0.2, 0.25) is 0 Å². The van der Waals surface area contributed by atoms with Crippen LogP contribution in [0, 0.1) is 0 Å². The van der Waals surface area contributed by atoms with Crippen LogP contribution in [-0.2, 0) is 5.41 Å². The van der Waals surface area contributed by atoms with E-state index in [0.717, 1.165) is 11.3 Å². The summed E-state index contributed by atoms with van der Waals surface area (Å²) in [6, 6.07) is 12.7. The Hall–Kier alpha value is -2.29. The Bertz CT molecular complexity index is 712. The lowest BCUT2D eigenvalue weighted by molar-refractivity contribution is 0.103. The number of nitrogens with two attached hydrogens (primary N) is 1. The average molecular weight is 311 g/mol. The summed E-state index contributed by atoms with van der Waals surface area (Å²) in [5.41, 5.74) is 8.53. The summed E-state index contributed by atoms with van der Waals surface area (Å²) in [5.74, 6) is 0.801. The molecular weight excluding hydrogens is 286 g/mol. The monoisotopic (exact) mass is 311 g/mol. The first-order chi connectivity index (χ1) is 10.7. The number of rotatable bonds is 4. The van der Waals surface area contributed by atoms with Crippen LogP contribution in [-0.4, -0.2) is 11.9 Å². The molecule has 122 valence electrons. The predicted octanol–water partition coefficient (Wildman–Crippen LogP) is 4.58. The lowest BCUT2D eigenvalue weighted by Gasteiger charge is -2.24. The molecule has 0 saturated carbocycles. The normalized spacial score (nSPS) is 11.6. The molecule has 0 fully saturated rings. The highest BCUT2D eigenvalue weighted by Crippen LogP contribution is 2.33. The minimum Gasteiger partial charge on any atom is -0.491 e. The zero-order valence-corrected chi connectivity index (χ0v) is 14.5. The highest BCUT2D eigenvalue weighted by Gasteiger charge is 2.22. The van der Waals surface area contributed by atoms with Gasteiger partial charge < -0.3 is 10.5 Å². The molecule has 0 aliphatic rings. The fourth-order valence-corrected chi connectivity index (χ4v) is 2.46. The van der Waals surface area contributed by atoms with Crippen molar-refractivity contribution in [1.82, 2.24) is 0 Å². The van der Waals surface area contributed by atoms with Gasteiger partial charge in [-0.05, 0) is 49.6 Å². The first-order valence-electron chi connectivity index (χ1n) is 7.90. The van der Waals surface area contributed by atoms with E-state index in [2.05, 4.69) is 20.8 Å². The van der Waals surface area contributed by atoms with Gasteiger partial charge in [-0.15, -0.1) is 0 Å². The van der Waals surface area contributed by atoms with Gasteiger partial charge in [0, 0.05) is 22.4 Å². The van der Waals surface area contributed by atoms with Crippen LogP contribution in [0.3, 0.4) is 0 Å². The Labute approximate surface area is 138 Å². The van der Waals surface area contributed by atoms with Crippen molar-refractivity contribution in [2.45, 2.75) is 46.1 Å². The molecule has 2 aromatic rings. The second kappa shape index (κ2) is 6.45. The van der Waals surface area contributed by atoms with Crippen molar-refractivity contribution in [3.63, 3.8) is 0 Å². The number of ketones is 1. The van der Waals surface area contributed by atoms with E-state index in [-0.39, 0.29) is 17.3 Å². The van der Waals surface area contributed by atoms with Crippen molar-refractivity contribution in [3.8, 4) is 5.75 Å². The second-order valence-electron chi connectivity index (χ2n) is 7.08. The Morgan fingerprint density at radius 2 is 1.70 bits per heavy atom. The molecular formula is C20H25NO2. The molecule has 2 aromatic carbocycles. The predicted molar refractivity (Wildman–Crippen MR) is 95.2 cm³/mol. The molecule has 2 N–H and O–H groups in total. The van der Waals surface area contributed by atoms with Crippen molar-refractivity contribution in [1.29, 1.82) is 0 Å². The molecule has 3 nitrogen and oxygen atoms in total. The summed E-state index contributed by atoms with van der Waals surface area (Å²) in [6.07, 6.45) is 0.0894. The van der Waals surface area contributed by atoms with E-state index < -0.39 is 0 Å². The van der Waals surface area contributed by atoms with Gasteiger partial charge in [0.2, 0.25) is 0 Å². The van der Waals surface area contributed by atoms with Gasteiger partial charge in [-0.1, -0.05) is 32.9 Å². The highest BCUT2D eigenvalue weighted by molar-refractivity contribution is 6.09. The summed E-state index contributed by atoms with van der Waals surface area (Å²) in [7, 11) is 0. The smallest absolute Gasteiger partial charge is 0.193 e. The first kappa shape index (κ1) is 17.1. The molecule has 3 heteroatoms. The molecule has 0 aromatic heterocycles. The molecule has 0 atom stereocenters. The fourth-order valence-electron chi connectivity index (χ4n) is 2.46. The standard InChI is InChI=1S/C20H25NO2/c1-13(2)23-18-10-9-15(12-17(18)20(3,4)5)19(22)14-7-6-8-16(21)11-14/h6-13H,21H2,1-5H3. The minimum atomic E-state index is -0.115. The third kappa shape index (κ3) is 4.13. The number of anilines is 1. The maximum absolute atomic E-state index is 12.7. The van der Waals surface area contributed by atoms with Crippen LogP contribution < -0.4 is 10.5 Å². The van der Waals surface area contributed by atoms with Crippen LogP contribution in [0.25, 0.3) is 0 Å². The summed E-state index contributed by atoms with van der Waals surface area (Å²) < 4.78 is 5.90. The second-order valence-corrected chi connectivity index (χ2v) is 7.08. The third-order valence-corrected chi connectivity index (χ3v) is 3.56. The summed E-state index contributed by atoms with van der Waals surface area (Å²) >= 11 is 0. The van der Waals surface area contributed by atoms with Gasteiger partial charge in [-0.3, -0.25) is 4.79 Å². The molecule has 0 saturated heterocycles. The minimum absolute atomic E-state index is 0.0288. The van der Waals surface area contributed by atoms with Gasteiger partial charge in [0.25, 0.3) is 0 Å². The largest absolute Gasteiger partial charge is 0.491 e. The lowest BCUT2D eigenvalue weighted by atomic mass is 9.84. The maximum Gasteiger partial charge on any atom is 0.193 e. The number of ether oxygens (including phenoxy) is 1. The Balaban J connectivity index is 2.46. The number of hydrogen-bond donors (Lipinski definition) is 1. The molecule has 0 spiro atoms. The topological polar surface area (TPSA) is 52.3 Å².